The molecule has 1 fully saturated rings. The molecule has 0 aliphatic carbocycles. The van der Waals surface area contributed by atoms with Crippen molar-refractivity contribution in [2.45, 2.75) is 6.42 Å². The molecule has 0 bridgehead atoms. The maximum absolute atomic E-state index is 11.0. The molecule has 0 atom stereocenters. The van der Waals surface area contributed by atoms with E-state index in [9.17, 15) is 9.59 Å². The maximum Gasteiger partial charge on any atom is 0.329 e. The van der Waals surface area contributed by atoms with Crippen LogP contribution in [0.4, 0.5) is 0 Å². The van der Waals surface area contributed by atoms with Crippen LogP contribution in [0.15, 0.2) is 12.3 Å². The summed E-state index contributed by atoms with van der Waals surface area (Å²) >= 11 is 0. The lowest BCUT2D eigenvalue weighted by Gasteiger charge is -2.14. The van der Waals surface area contributed by atoms with Crippen LogP contribution in [0.3, 0.4) is 0 Å². The summed E-state index contributed by atoms with van der Waals surface area (Å²) in [4.78, 5) is 22.9. The first-order valence-electron chi connectivity index (χ1n) is 4.10. The highest BCUT2D eigenvalue weighted by molar-refractivity contribution is 5.80. The molecule has 5 heteroatoms. The molecule has 1 heterocycles. The van der Waals surface area contributed by atoms with E-state index in [-0.39, 0.29) is 12.5 Å². The Morgan fingerprint density at radius 3 is 3.08 bits per heavy atom. The van der Waals surface area contributed by atoms with Crippen molar-refractivity contribution in [3.8, 4) is 0 Å². The van der Waals surface area contributed by atoms with E-state index in [0.717, 1.165) is 12.5 Å². The van der Waals surface area contributed by atoms with E-state index in [0.29, 0.717) is 13.1 Å². The Labute approximate surface area is 76.0 Å². The first-order chi connectivity index (χ1) is 6.18. The van der Waals surface area contributed by atoms with Gasteiger partial charge in [-0.25, -0.2) is 4.79 Å². The molecule has 13 heavy (non-hydrogen) atoms. The third-order valence-corrected chi connectivity index (χ3v) is 1.72. The van der Waals surface area contributed by atoms with Crippen molar-refractivity contribution in [2.24, 2.45) is 0 Å². The Bertz CT molecular complexity index is 238. The van der Waals surface area contributed by atoms with Gasteiger partial charge in [-0.15, -0.1) is 0 Å². The summed E-state index contributed by atoms with van der Waals surface area (Å²) < 4.78 is 0. The summed E-state index contributed by atoms with van der Waals surface area (Å²) in [5.74, 6) is -1.06. The van der Waals surface area contributed by atoms with Crippen molar-refractivity contribution >= 4 is 11.9 Å². The van der Waals surface area contributed by atoms with Crippen LogP contribution in [-0.2, 0) is 9.59 Å². The van der Waals surface area contributed by atoms with Crippen LogP contribution in [-0.4, -0.2) is 41.5 Å². The second-order valence-corrected chi connectivity index (χ2v) is 2.83. The zero-order chi connectivity index (χ0) is 9.68. The fraction of sp³-hybridized carbons (Fsp3) is 0.500. The van der Waals surface area contributed by atoms with E-state index in [1.165, 1.54) is 6.20 Å². The van der Waals surface area contributed by atoms with Crippen LogP contribution in [0.2, 0.25) is 0 Å². The summed E-state index contributed by atoms with van der Waals surface area (Å²) in [7, 11) is 0. The summed E-state index contributed by atoms with van der Waals surface area (Å²) in [6, 6.07) is 0. The van der Waals surface area contributed by atoms with Crippen molar-refractivity contribution in [1.29, 1.82) is 0 Å². The minimum atomic E-state index is -0.996. The van der Waals surface area contributed by atoms with Gasteiger partial charge in [0.25, 0.3) is 0 Å². The van der Waals surface area contributed by atoms with E-state index in [4.69, 9.17) is 5.11 Å². The third-order valence-electron chi connectivity index (χ3n) is 1.72. The Hall–Kier alpha value is -1.52. The monoisotopic (exact) mass is 184 g/mol. The molecule has 0 radical (unpaired) electrons. The maximum atomic E-state index is 11.0. The lowest BCUT2D eigenvalue weighted by atomic mass is 10.4. The quantitative estimate of drug-likeness (QED) is 0.562. The fourth-order valence-electron chi connectivity index (χ4n) is 1.13. The van der Waals surface area contributed by atoms with Crippen LogP contribution < -0.4 is 5.32 Å². The largest absolute Gasteiger partial charge is 0.478 e. The molecule has 0 aromatic rings. The van der Waals surface area contributed by atoms with E-state index < -0.39 is 5.97 Å². The number of carbonyl (C=O) groups excluding carboxylic acids is 1. The Morgan fingerprint density at radius 1 is 1.62 bits per heavy atom. The molecule has 1 aliphatic heterocycles. The van der Waals surface area contributed by atoms with Crippen molar-refractivity contribution in [1.82, 2.24) is 10.2 Å². The van der Waals surface area contributed by atoms with Gasteiger partial charge < -0.3 is 15.3 Å². The molecule has 1 rings (SSSR count). The number of nitrogens with one attached hydrogen (secondary N) is 1. The molecule has 2 N–H and O–H groups in total. The van der Waals surface area contributed by atoms with Crippen LogP contribution in [0.5, 0.6) is 0 Å². The molecular formula is C8H12N2O3. The predicted octanol–water partition coefficient (Wildman–Crippen LogP) is -0.593. The summed E-state index contributed by atoms with van der Waals surface area (Å²) in [5.41, 5.74) is 0. The van der Waals surface area contributed by atoms with Gasteiger partial charge in [-0.3, -0.25) is 4.79 Å². The molecular weight excluding hydrogens is 172 g/mol. The average molecular weight is 184 g/mol. The molecule has 0 saturated carbocycles. The van der Waals surface area contributed by atoms with Crippen LogP contribution in [0, 0.1) is 0 Å². The van der Waals surface area contributed by atoms with Gasteiger partial charge in [-0.2, -0.15) is 0 Å². The van der Waals surface area contributed by atoms with Gasteiger partial charge in [-0.1, -0.05) is 0 Å². The average Bonchev–Trinajstić information content (AvgIpc) is 2.26. The molecule has 1 aliphatic rings. The Kier molecular flexibility index (Phi) is 3.31. The summed E-state index contributed by atoms with van der Waals surface area (Å²) in [6.45, 7) is 1.61. The van der Waals surface area contributed by atoms with E-state index in [1.807, 2.05) is 0 Å². The SMILES string of the molecule is O=C(O)C=CN1CCCNC(=O)C1. The number of amides is 1. The number of aliphatic carboxylic acids is 1. The second-order valence-electron chi connectivity index (χ2n) is 2.83. The van der Waals surface area contributed by atoms with Gasteiger partial charge in [0, 0.05) is 25.4 Å². The number of hydrogen-bond donors (Lipinski definition) is 2. The van der Waals surface area contributed by atoms with E-state index in [1.54, 1.807) is 4.90 Å². The zero-order valence-corrected chi connectivity index (χ0v) is 7.19. The van der Waals surface area contributed by atoms with Gasteiger partial charge in [0.15, 0.2) is 0 Å². The second kappa shape index (κ2) is 4.49. The highest BCUT2D eigenvalue weighted by Crippen LogP contribution is 1.96. The number of carboxylic acid groups (broad SMARTS) is 1. The van der Waals surface area contributed by atoms with Gasteiger partial charge in [0.05, 0.1) is 6.54 Å². The third kappa shape index (κ3) is 3.59. The first kappa shape index (κ1) is 9.57. The minimum absolute atomic E-state index is 0.0625. The normalized spacial score (nSPS) is 18.5. The molecule has 0 aromatic carbocycles. The van der Waals surface area contributed by atoms with E-state index >= 15 is 0 Å². The Balaban J connectivity index is 2.48. The first-order valence-corrected chi connectivity index (χ1v) is 4.10. The summed E-state index contributed by atoms with van der Waals surface area (Å²) in [6.07, 6.45) is 3.32. The fourth-order valence-corrected chi connectivity index (χ4v) is 1.13. The lowest BCUT2D eigenvalue weighted by molar-refractivity contribution is -0.131. The van der Waals surface area contributed by atoms with Gasteiger partial charge in [-0.05, 0) is 6.42 Å². The molecule has 72 valence electrons. The lowest BCUT2D eigenvalue weighted by Crippen LogP contribution is -2.30. The van der Waals surface area contributed by atoms with Crippen LogP contribution in [0.25, 0.3) is 0 Å². The van der Waals surface area contributed by atoms with Crippen LogP contribution >= 0.6 is 0 Å². The van der Waals surface area contributed by atoms with Gasteiger partial charge >= 0.3 is 5.97 Å². The molecule has 0 spiro atoms. The van der Waals surface area contributed by atoms with Crippen molar-refractivity contribution in [3.63, 3.8) is 0 Å². The number of carbonyl (C=O) groups is 2. The Morgan fingerprint density at radius 2 is 2.38 bits per heavy atom. The van der Waals surface area contributed by atoms with Crippen LogP contribution in [0.1, 0.15) is 6.42 Å². The summed E-state index contributed by atoms with van der Waals surface area (Å²) in [5, 5.41) is 11.1. The molecule has 5 nitrogen and oxygen atoms in total. The van der Waals surface area contributed by atoms with E-state index in [2.05, 4.69) is 5.32 Å². The van der Waals surface area contributed by atoms with Crippen molar-refractivity contribution in [2.75, 3.05) is 19.6 Å². The van der Waals surface area contributed by atoms with Crippen molar-refractivity contribution in [3.05, 3.63) is 12.3 Å². The highest BCUT2D eigenvalue weighted by Gasteiger charge is 2.10. The number of hydrogen-bond acceptors (Lipinski definition) is 3. The van der Waals surface area contributed by atoms with Gasteiger partial charge in [0.2, 0.25) is 5.91 Å². The molecule has 1 amide bonds. The highest BCUT2D eigenvalue weighted by atomic mass is 16.4. The molecule has 0 aromatic heterocycles. The number of nitrogens with zero attached hydrogens (tertiary/aromatic N) is 1. The van der Waals surface area contributed by atoms with Gasteiger partial charge in [0.1, 0.15) is 0 Å². The topological polar surface area (TPSA) is 69.6 Å². The number of rotatable bonds is 2. The molecule has 1 saturated heterocycles. The number of carboxylic acids is 1. The standard InChI is InChI=1S/C8H12N2O3/c11-7-6-10(4-1-3-9-7)5-2-8(12)13/h2,5H,1,3-4,6H2,(H,9,11)(H,12,13). The minimum Gasteiger partial charge on any atom is -0.478 e. The smallest absolute Gasteiger partial charge is 0.329 e. The zero-order valence-electron chi connectivity index (χ0n) is 7.19. The predicted molar refractivity (Wildman–Crippen MR) is 46.0 cm³/mol. The molecule has 0 unspecified atom stereocenters. The van der Waals surface area contributed by atoms with Crippen molar-refractivity contribution < 1.29 is 14.7 Å².